The lowest BCUT2D eigenvalue weighted by Crippen LogP contribution is -1.93. The molecule has 0 bridgehead atoms. The highest BCUT2D eigenvalue weighted by molar-refractivity contribution is 6.65. The minimum atomic E-state index is 0.522. The van der Waals surface area contributed by atoms with Gasteiger partial charge in [-0.05, 0) is 37.6 Å². The first kappa shape index (κ1) is 12.7. The number of aryl methyl sites for hydroxylation is 1. The highest BCUT2D eigenvalue weighted by Gasteiger charge is 2.02. The average Bonchev–Trinajstić information content (AvgIpc) is 2.34. The molecule has 2 nitrogen and oxygen atoms in total. The van der Waals surface area contributed by atoms with Gasteiger partial charge in [-0.2, -0.15) is 0 Å². The lowest BCUT2D eigenvalue weighted by Gasteiger charge is -2.11. The molecule has 0 aliphatic rings. The SMILES string of the molecule is CC(Cl)=Nc1ccccc1Nc1ccccc1C. The first-order valence-corrected chi connectivity index (χ1v) is 6.17. The largest absolute Gasteiger partial charge is 0.354 e. The van der Waals surface area contributed by atoms with Gasteiger partial charge in [0.1, 0.15) is 5.17 Å². The van der Waals surface area contributed by atoms with Crippen molar-refractivity contribution in [3.8, 4) is 0 Å². The van der Waals surface area contributed by atoms with Crippen molar-refractivity contribution in [2.75, 3.05) is 5.32 Å². The van der Waals surface area contributed by atoms with Crippen LogP contribution in [0.2, 0.25) is 0 Å². The molecule has 0 unspecified atom stereocenters. The number of aliphatic imine (C=N–C) groups is 1. The van der Waals surface area contributed by atoms with Gasteiger partial charge >= 0.3 is 0 Å². The Labute approximate surface area is 112 Å². The fraction of sp³-hybridized carbons (Fsp3) is 0.133. The van der Waals surface area contributed by atoms with Crippen LogP contribution in [-0.2, 0) is 0 Å². The Morgan fingerprint density at radius 1 is 1.00 bits per heavy atom. The quantitative estimate of drug-likeness (QED) is 0.768. The molecular weight excluding hydrogens is 244 g/mol. The fourth-order valence-electron chi connectivity index (χ4n) is 1.70. The van der Waals surface area contributed by atoms with Gasteiger partial charge in [-0.3, -0.25) is 0 Å². The zero-order valence-corrected chi connectivity index (χ0v) is 11.2. The van der Waals surface area contributed by atoms with E-state index in [2.05, 4.69) is 23.3 Å². The van der Waals surface area contributed by atoms with Gasteiger partial charge in [-0.15, -0.1) is 0 Å². The van der Waals surface area contributed by atoms with Crippen molar-refractivity contribution in [3.63, 3.8) is 0 Å². The van der Waals surface area contributed by atoms with Gasteiger partial charge in [0.2, 0.25) is 0 Å². The Balaban J connectivity index is 2.35. The van der Waals surface area contributed by atoms with Gasteiger partial charge in [0, 0.05) is 5.69 Å². The van der Waals surface area contributed by atoms with Crippen LogP contribution in [0, 0.1) is 6.92 Å². The molecule has 2 rings (SSSR count). The topological polar surface area (TPSA) is 24.4 Å². The summed E-state index contributed by atoms with van der Waals surface area (Å²) in [6.07, 6.45) is 0. The number of hydrogen-bond donors (Lipinski definition) is 1. The second-order valence-electron chi connectivity index (χ2n) is 4.07. The first-order chi connectivity index (χ1) is 8.66. The van der Waals surface area contributed by atoms with Crippen LogP contribution in [0.4, 0.5) is 17.1 Å². The average molecular weight is 259 g/mol. The zero-order chi connectivity index (χ0) is 13.0. The second kappa shape index (κ2) is 5.69. The Morgan fingerprint density at radius 2 is 1.61 bits per heavy atom. The molecule has 92 valence electrons. The molecule has 0 radical (unpaired) electrons. The van der Waals surface area contributed by atoms with E-state index >= 15 is 0 Å². The van der Waals surface area contributed by atoms with E-state index in [4.69, 9.17) is 11.6 Å². The van der Waals surface area contributed by atoms with Crippen molar-refractivity contribution in [3.05, 3.63) is 54.1 Å². The van der Waals surface area contributed by atoms with Gasteiger partial charge in [-0.25, -0.2) is 4.99 Å². The third kappa shape index (κ3) is 3.11. The van der Waals surface area contributed by atoms with Crippen LogP contribution in [0.15, 0.2) is 53.5 Å². The molecule has 0 spiro atoms. The number of benzene rings is 2. The smallest absolute Gasteiger partial charge is 0.103 e. The monoisotopic (exact) mass is 258 g/mol. The number of nitrogens with zero attached hydrogens (tertiary/aromatic N) is 1. The summed E-state index contributed by atoms with van der Waals surface area (Å²) >= 11 is 5.84. The molecule has 0 saturated carbocycles. The van der Waals surface area contributed by atoms with Gasteiger partial charge in [0.05, 0.1) is 11.4 Å². The van der Waals surface area contributed by atoms with Gasteiger partial charge in [0.25, 0.3) is 0 Å². The van der Waals surface area contributed by atoms with Crippen LogP contribution in [0.25, 0.3) is 0 Å². The molecule has 3 heteroatoms. The summed E-state index contributed by atoms with van der Waals surface area (Å²) in [6, 6.07) is 16.0. The molecule has 0 amide bonds. The van der Waals surface area contributed by atoms with Crippen LogP contribution in [0.1, 0.15) is 12.5 Å². The van der Waals surface area contributed by atoms with Crippen LogP contribution in [0.3, 0.4) is 0 Å². The molecule has 0 aliphatic carbocycles. The number of nitrogens with one attached hydrogen (secondary N) is 1. The van der Waals surface area contributed by atoms with Crippen molar-refractivity contribution in [1.29, 1.82) is 0 Å². The number of para-hydroxylation sites is 3. The maximum atomic E-state index is 5.84. The Hall–Kier alpha value is -1.80. The first-order valence-electron chi connectivity index (χ1n) is 5.79. The molecule has 2 aromatic rings. The van der Waals surface area contributed by atoms with Crippen molar-refractivity contribution < 1.29 is 0 Å². The van der Waals surface area contributed by atoms with Crippen molar-refractivity contribution in [1.82, 2.24) is 0 Å². The van der Waals surface area contributed by atoms with Gasteiger partial charge in [-0.1, -0.05) is 41.9 Å². The van der Waals surface area contributed by atoms with E-state index in [0.29, 0.717) is 5.17 Å². The molecule has 0 saturated heterocycles. The number of hydrogen-bond acceptors (Lipinski definition) is 2. The molecule has 1 N–H and O–H groups in total. The highest BCUT2D eigenvalue weighted by atomic mass is 35.5. The summed E-state index contributed by atoms with van der Waals surface area (Å²) in [5, 5.41) is 3.90. The second-order valence-corrected chi connectivity index (χ2v) is 4.61. The van der Waals surface area contributed by atoms with Crippen LogP contribution in [-0.4, -0.2) is 5.17 Å². The normalized spacial score (nSPS) is 11.4. The number of rotatable bonds is 3. The van der Waals surface area contributed by atoms with E-state index < -0.39 is 0 Å². The molecular formula is C15H15ClN2. The number of halogens is 1. The van der Waals surface area contributed by atoms with E-state index in [1.807, 2.05) is 42.5 Å². The summed E-state index contributed by atoms with van der Waals surface area (Å²) in [5.41, 5.74) is 4.06. The zero-order valence-electron chi connectivity index (χ0n) is 10.4. The maximum absolute atomic E-state index is 5.84. The van der Waals surface area contributed by atoms with Gasteiger partial charge in [0.15, 0.2) is 0 Å². The fourth-order valence-corrected chi connectivity index (χ4v) is 1.79. The third-order valence-electron chi connectivity index (χ3n) is 2.59. The minimum absolute atomic E-state index is 0.522. The molecule has 2 aromatic carbocycles. The maximum Gasteiger partial charge on any atom is 0.103 e. The lowest BCUT2D eigenvalue weighted by molar-refractivity contribution is 1.42. The van der Waals surface area contributed by atoms with Crippen LogP contribution < -0.4 is 5.32 Å². The van der Waals surface area contributed by atoms with Crippen molar-refractivity contribution in [2.45, 2.75) is 13.8 Å². The summed E-state index contributed by atoms with van der Waals surface area (Å²) in [6.45, 7) is 3.84. The third-order valence-corrected chi connectivity index (χ3v) is 2.68. The summed E-state index contributed by atoms with van der Waals surface area (Å²) in [7, 11) is 0. The molecule has 18 heavy (non-hydrogen) atoms. The highest BCUT2D eigenvalue weighted by Crippen LogP contribution is 2.29. The van der Waals surface area contributed by atoms with E-state index in [1.165, 1.54) is 5.56 Å². The van der Waals surface area contributed by atoms with Crippen molar-refractivity contribution >= 4 is 33.8 Å². The van der Waals surface area contributed by atoms with Gasteiger partial charge < -0.3 is 5.32 Å². The lowest BCUT2D eigenvalue weighted by atomic mass is 10.2. The molecule has 0 aromatic heterocycles. The van der Waals surface area contributed by atoms with Crippen LogP contribution in [0.5, 0.6) is 0 Å². The molecule has 0 fully saturated rings. The van der Waals surface area contributed by atoms with Crippen molar-refractivity contribution in [2.24, 2.45) is 4.99 Å². The Bertz CT molecular complexity index is 572. The Morgan fingerprint density at radius 3 is 2.28 bits per heavy atom. The summed E-state index contributed by atoms with van der Waals surface area (Å²) < 4.78 is 0. The molecule has 0 atom stereocenters. The molecule has 0 aliphatic heterocycles. The van der Waals surface area contributed by atoms with E-state index in [-0.39, 0.29) is 0 Å². The Kier molecular flexibility index (Phi) is 4.00. The molecule has 0 heterocycles. The van der Waals surface area contributed by atoms with E-state index in [1.54, 1.807) is 6.92 Å². The van der Waals surface area contributed by atoms with Crippen LogP contribution >= 0.6 is 11.6 Å². The summed E-state index contributed by atoms with van der Waals surface area (Å²) in [5.74, 6) is 0. The van der Waals surface area contributed by atoms with E-state index in [9.17, 15) is 0 Å². The predicted octanol–water partition coefficient (Wildman–Crippen LogP) is 5.03. The van der Waals surface area contributed by atoms with E-state index in [0.717, 1.165) is 17.1 Å². The number of anilines is 2. The summed E-state index contributed by atoms with van der Waals surface area (Å²) in [4.78, 5) is 4.30. The minimum Gasteiger partial charge on any atom is -0.354 e. The predicted molar refractivity (Wildman–Crippen MR) is 79.5 cm³/mol. The standard InChI is InChI=1S/C15H15ClN2/c1-11-7-3-4-8-13(11)18-15-10-6-5-9-14(15)17-12(2)16/h3-10,18H,1-2H3.